The summed E-state index contributed by atoms with van der Waals surface area (Å²) in [6.07, 6.45) is 3.55. The minimum absolute atomic E-state index is 0.0217. The van der Waals surface area contributed by atoms with Gasteiger partial charge in [0.2, 0.25) is 0 Å². The summed E-state index contributed by atoms with van der Waals surface area (Å²) in [6.45, 7) is 4.33. The lowest BCUT2D eigenvalue weighted by Gasteiger charge is -2.23. The minimum Gasteiger partial charge on any atom is -0.493 e. The number of hydrogen-bond donors (Lipinski definition) is 0. The quantitative estimate of drug-likeness (QED) is 0.220. The van der Waals surface area contributed by atoms with Gasteiger partial charge in [0, 0.05) is 43.0 Å². The van der Waals surface area contributed by atoms with E-state index in [1.54, 1.807) is 26.2 Å². The Kier molecular flexibility index (Phi) is 9.96. The highest BCUT2D eigenvalue weighted by Crippen LogP contribution is 2.27. The molecule has 8 nitrogen and oxygen atoms in total. The molecule has 0 spiro atoms. The maximum atomic E-state index is 13.1. The van der Waals surface area contributed by atoms with Crippen molar-refractivity contribution in [3.05, 3.63) is 99.8 Å². The Morgan fingerprint density at radius 2 is 1.73 bits per heavy atom. The Morgan fingerprint density at radius 3 is 2.45 bits per heavy atom. The number of nitrogens with zero attached hydrogens (tertiary/aromatic N) is 4. The lowest BCUT2D eigenvalue weighted by atomic mass is 10.1. The van der Waals surface area contributed by atoms with E-state index in [-0.39, 0.29) is 11.8 Å². The van der Waals surface area contributed by atoms with E-state index in [9.17, 15) is 9.59 Å². The average molecular weight is 561 g/mol. The Bertz CT molecular complexity index is 1420. The third kappa shape index (κ3) is 7.09. The van der Waals surface area contributed by atoms with Crippen molar-refractivity contribution < 1.29 is 19.1 Å². The minimum atomic E-state index is -0.113. The number of methoxy groups -OCH3 is 2. The van der Waals surface area contributed by atoms with Gasteiger partial charge in [-0.05, 0) is 54.8 Å². The highest BCUT2D eigenvalue weighted by atomic mass is 32.1. The molecule has 0 saturated carbocycles. The Balaban J connectivity index is 1.37. The first-order valence-electron chi connectivity index (χ1n) is 13.3. The van der Waals surface area contributed by atoms with Crippen LogP contribution in [0.25, 0.3) is 0 Å². The van der Waals surface area contributed by atoms with E-state index < -0.39 is 0 Å². The molecule has 9 heteroatoms. The summed E-state index contributed by atoms with van der Waals surface area (Å²) < 4.78 is 12.8. The summed E-state index contributed by atoms with van der Waals surface area (Å²) in [7, 11) is 5.01. The van der Waals surface area contributed by atoms with Gasteiger partial charge in [0.05, 0.1) is 27.3 Å². The van der Waals surface area contributed by atoms with E-state index >= 15 is 0 Å². The van der Waals surface area contributed by atoms with Crippen molar-refractivity contribution in [2.45, 2.75) is 32.9 Å². The molecule has 2 aromatic carbocycles. The van der Waals surface area contributed by atoms with Crippen molar-refractivity contribution in [2.75, 3.05) is 34.4 Å². The first kappa shape index (κ1) is 28.9. The fourth-order valence-electron chi connectivity index (χ4n) is 4.49. The second-order valence-electron chi connectivity index (χ2n) is 9.51. The second-order valence-corrected chi connectivity index (χ2v) is 10.5. The average Bonchev–Trinajstić information content (AvgIpc) is 3.64. The monoisotopic (exact) mass is 560 g/mol. The number of carbonyl (C=O) groups is 2. The number of hydrogen-bond acceptors (Lipinski definition) is 6. The molecule has 0 bridgehead atoms. The van der Waals surface area contributed by atoms with Gasteiger partial charge < -0.3 is 23.8 Å². The molecule has 210 valence electrons. The predicted octanol–water partition coefficient (Wildman–Crippen LogP) is 5.38. The molecule has 2 heterocycles. The van der Waals surface area contributed by atoms with Crippen LogP contribution in [0.4, 0.5) is 0 Å². The highest BCUT2D eigenvalue weighted by molar-refractivity contribution is 7.09. The van der Waals surface area contributed by atoms with Crippen molar-refractivity contribution in [3.8, 4) is 11.5 Å². The van der Waals surface area contributed by atoms with Crippen LogP contribution in [0.5, 0.6) is 11.5 Å². The molecule has 0 aliphatic heterocycles. The molecule has 2 aromatic heterocycles. The Hall–Kier alpha value is -4.11. The SMILES string of the molecule is CCCN(Cc1cccn1Cc1nc(C(=O)N(C)CCc2ccc(OC)c(OC)c2)cs1)C(=O)c1ccccc1. The lowest BCUT2D eigenvalue weighted by Crippen LogP contribution is -2.32. The van der Waals surface area contributed by atoms with Gasteiger partial charge >= 0.3 is 0 Å². The Labute approximate surface area is 239 Å². The molecule has 4 rings (SSSR count). The van der Waals surface area contributed by atoms with Crippen LogP contribution in [0.15, 0.2) is 72.2 Å². The molecule has 0 aliphatic carbocycles. The van der Waals surface area contributed by atoms with Gasteiger partial charge in [0.25, 0.3) is 11.8 Å². The summed E-state index contributed by atoms with van der Waals surface area (Å²) in [5, 5.41) is 2.65. The smallest absolute Gasteiger partial charge is 0.273 e. The first-order chi connectivity index (χ1) is 19.4. The van der Waals surface area contributed by atoms with Crippen molar-refractivity contribution in [1.29, 1.82) is 0 Å². The number of benzene rings is 2. The molecule has 4 aromatic rings. The van der Waals surface area contributed by atoms with E-state index in [4.69, 9.17) is 9.47 Å². The second kappa shape index (κ2) is 13.8. The van der Waals surface area contributed by atoms with Gasteiger partial charge in [-0.15, -0.1) is 11.3 Å². The standard InChI is InChI=1S/C31H36N4O4S/c1-5-16-35(30(36)24-10-7-6-8-11-24)20-25-12-9-17-34(25)21-29-32-26(22-40-29)31(37)33(2)18-15-23-13-14-27(38-3)28(19-23)39-4/h6-14,17,19,22H,5,15-16,18,20-21H2,1-4H3. The number of aromatic nitrogens is 2. The molecule has 0 aliphatic rings. The van der Waals surface area contributed by atoms with Gasteiger partial charge in [-0.3, -0.25) is 9.59 Å². The molecule has 0 saturated heterocycles. The van der Waals surface area contributed by atoms with Crippen molar-refractivity contribution in [3.63, 3.8) is 0 Å². The number of ether oxygens (including phenoxy) is 2. The van der Waals surface area contributed by atoms with Crippen LogP contribution in [0.1, 0.15) is 50.5 Å². The lowest BCUT2D eigenvalue weighted by molar-refractivity contribution is 0.0738. The van der Waals surface area contributed by atoms with Crippen LogP contribution >= 0.6 is 11.3 Å². The zero-order valence-corrected chi connectivity index (χ0v) is 24.3. The van der Waals surface area contributed by atoms with Crippen LogP contribution in [0.2, 0.25) is 0 Å². The normalized spacial score (nSPS) is 10.8. The van der Waals surface area contributed by atoms with E-state index in [0.29, 0.717) is 55.4 Å². The van der Waals surface area contributed by atoms with Gasteiger partial charge in [-0.1, -0.05) is 31.2 Å². The number of carbonyl (C=O) groups excluding carboxylic acids is 2. The Morgan fingerprint density at radius 1 is 0.950 bits per heavy atom. The molecule has 0 atom stereocenters. The zero-order chi connectivity index (χ0) is 28.5. The first-order valence-corrected chi connectivity index (χ1v) is 14.2. The van der Waals surface area contributed by atoms with Crippen LogP contribution in [-0.2, 0) is 19.5 Å². The number of rotatable bonds is 13. The molecule has 40 heavy (non-hydrogen) atoms. The van der Waals surface area contributed by atoms with Crippen molar-refractivity contribution >= 4 is 23.2 Å². The number of amides is 2. The summed E-state index contributed by atoms with van der Waals surface area (Å²) >= 11 is 1.47. The van der Waals surface area contributed by atoms with E-state index in [1.165, 1.54) is 11.3 Å². The van der Waals surface area contributed by atoms with E-state index in [1.807, 2.05) is 77.1 Å². The molecule has 0 radical (unpaired) electrons. The summed E-state index contributed by atoms with van der Waals surface area (Å²) in [6, 6.07) is 19.2. The molecule has 0 fully saturated rings. The fraction of sp³-hybridized carbons (Fsp3) is 0.323. The van der Waals surface area contributed by atoms with Gasteiger partial charge in [0.1, 0.15) is 10.7 Å². The summed E-state index contributed by atoms with van der Waals surface area (Å²) in [4.78, 5) is 34.4. The van der Waals surface area contributed by atoms with Crippen LogP contribution in [-0.4, -0.2) is 65.5 Å². The highest BCUT2D eigenvalue weighted by Gasteiger charge is 2.19. The number of thiazole rings is 1. The largest absolute Gasteiger partial charge is 0.493 e. The molecule has 0 N–H and O–H groups in total. The predicted molar refractivity (Wildman–Crippen MR) is 157 cm³/mol. The van der Waals surface area contributed by atoms with Gasteiger partial charge in [0.15, 0.2) is 11.5 Å². The number of likely N-dealkylation sites (N-methyl/N-ethyl adjacent to an activating group) is 1. The van der Waals surface area contributed by atoms with Crippen LogP contribution in [0.3, 0.4) is 0 Å². The maximum Gasteiger partial charge on any atom is 0.273 e. The van der Waals surface area contributed by atoms with Crippen LogP contribution in [0, 0.1) is 0 Å². The van der Waals surface area contributed by atoms with Gasteiger partial charge in [-0.25, -0.2) is 4.98 Å². The van der Waals surface area contributed by atoms with Gasteiger partial charge in [-0.2, -0.15) is 0 Å². The zero-order valence-electron chi connectivity index (χ0n) is 23.5. The molecular weight excluding hydrogens is 524 g/mol. The molecular formula is C31H36N4O4S. The molecule has 2 amide bonds. The van der Waals surface area contributed by atoms with E-state index in [2.05, 4.69) is 16.5 Å². The maximum absolute atomic E-state index is 13.1. The van der Waals surface area contributed by atoms with Crippen molar-refractivity contribution in [1.82, 2.24) is 19.4 Å². The summed E-state index contributed by atoms with van der Waals surface area (Å²) in [5.74, 6) is 1.26. The van der Waals surface area contributed by atoms with Crippen LogP contribution < -0.4 is 9.47 Å². The van der Waals surface area contributed by atoms with Crippen molar-refractivity contribution in [2.24, 2.45) is 0 Å². The summed E-state index contributed by atoms with van der Waals surface area (Å²) in [5.41, 5.74) is 3.20. The molecule has 0 unspecified atom stereocenters. The third-order valence-corrected chi connectivity index (χ3v) is 7.52. The topological polar surface area (TPSA) is 76.9 Å². The third-order valence-electron chi connectivity index (χ3n) is 6.68. The fourth-order valence-corrected chi connectivity index (χ4v) is 5.25. The van der Waals surface area contributed by atoms with E-state index in [0.717, 1.165) is 22.7 Å².